The molecule has 0 saturated carbocycles. The summed E-state index contributed by atoms with van der Waals surface area (Å²) in [6.45, 7) is 6.80. The van der Waals surface area contributed by atoms with Crippen LogP contribution in [0, 0.1) is 17.2 Å². The SMILES string of the molecule is C=CCn1c(COc2ccccc2)nnc1SCC(=O)Nc1sc2c(c1C#N)CCC(CC)C2. The van der Waals surface area contributed by atoms with Crippen molar-refractivity contribution in [3.63, 3.8) is 0 Å². The van der Waals surface area contributed by atoms with Crippen molar-refractivity contribution in [3.8, 4) is 11.8 Å². The number of thioether (sulfide) groups is 1. The number of nitrogens with zero attached hydrogens (tertiary/aromatic N) is 4. The largest absolute Gasteiger partial charge is 0.486 e. The number of rotatable bonds is 10. The minimum Gasteiger partial charge on any atom is -0.486 e. The maximum absolute atomic E-state index is 12.7. The van der Waals surface area contributed by atoms with Crippen LogP contribution >= 0.6 is 23.1 Å². The van der Waals surface area contributed by atoms with Gasteiger partial charge in [0.15, 0.2) is 11.0 Å². The van der Waals surface area contributed by atoms with Gasteiger partial charge < -0.3 is 10.1 Å². The topological polar surface area (TPSA) is 92.8 Å². The van der Waals surface area contributed by atoms with Gasteiger partial charge in [-0.2, -0.15) is 5.26 Å². The van der Waals surface area contributed by atoms with E-state index in [0.29, 0.717) is 34.0 Å². The molecule has 1 aliphatic rings. The molecule has 9 heteroatoms. The molecule has 0 bridgehead atoms. The normalized spacial score (nSPS) is 14.8. The molecule has 4 rings (SSSR count). The molecule has 176 valence electrons. The molecular formula is C25H27N5O2S2. The quantitative estimate of drug-likeness (QED) is 0.307. The lowest BCUT2D eigenvalue weighted by Gasteiger charge is -2.20. The van der Waals surface area contributed by atoms with Crippen LogP contribution < -0.4 is 10.1 Å². The first-order chi connectivity index (χ1) is 16.6. The van der Waals surface area contributed by atoms with Crippen LogP contribution in [0.2, 0.25) is 0 Å². The summed E-state index contributed by atoms with van der Waals surface area (Å²) >= 11 is 2.85. The molecule has 0 saturated heterocycles. The van der Waals surface area contributed by atoms with Gasteiger partial charge in [0.1, 0.15) is 23.4 Å². The Balaban J connectivity index is 1.39. The number of aromatic nitrogens is 3. The van der Waals surface area contributed by atoms with Crippen molar-refractivity contribution in [2.45, 2.75) is 50.9 Å². The van der Waals surface area contributed by atoms with E-state index < -0.39 is 0 Å². The van der Waals surface area contributed by atoms with E-state index in [-0.39, 0.29) is 18.3 Å². The second kappa shape index (κ2) is 11.4. The van der Waals surface area contributed by atoms with Crippen LogP contribution in [0.5, 0.6) is 5.75 Å². The van der Waals surface area contributed by atoms with Crippen LogP contribution in [0.15, 0.2) is 48.1 Å². The molecule has 2 aromatic heterocycles. The van der Waals surface area contributed by atoms with Gasteiger partial charge in [-0.1, -0.05) is 49.4 Å². The lowest BCUT2D eigenvalue weighted by atomic mass is 9.86. The first kappa shape index (κ1) is 24.0. The first-order valence-electron chi connectivity index (χ1n) is 11.3. The van der Waals surface area contributed by atoms with Crippen LogP contribution in [-0.2, 0) is 30.8 Å². The third-order valence-electron chi connectivity index (χ3n) is 5.86. The number of nitriles is 1. The van der Waals surface area contributed by atoms with Gasteiger partial charge in [-0.3, -0.25) is 9.36 Å². The number of ether oxygens (including phenoxy) is 1. The fourth-order valence-corrected chi connectivity index (χ4v) is 6.11. The third kappa shape index (κ3) is 5.51. The summed E-state index contributed by atoms with van der Waals surface area (Å²) in [5.41, 5.74) is 1.75. The minimum atomic E-state index is -0.164. The summed E-state index contributed by atoms with van der Waals surface area (Å²) in [6.07, 6.45) is 5.91. The minimum absolute atomic E-state index is 0.164. The smallest absolute Gasteiger partial charge is 0.235 e. The van der Waals surface area contributed by atoms with Crippen molar-refractivity contribution in [1.82, 2.24) is 14.8 Å². The summed E-state index contributed by atoms with van der Waals surface area (Å²) in [7, 11) is 0. The van der Waals surface area contributed by atoms with Crippen molar-refractivity contribution in [1.29, 1.82) is 5.26 Å². The highest BCUT2D eigenvalue weighted by atomic mass is 32.2. The summed E-state index contributed by atoms with van der Waals surface area (Å²) < 4.78 is 7.69. The number of anilines is 1. The summed E-state index contributed by atoms with van der Waals surface area (Å²) in [5.74, 6) is 2.08. The predicted octanol–water partition coefficient (Wildman–Crippen LogP) is 5.22. The number of amides is 1. The Morgan fingerprint density at radius 3 is 2.97 bits per heavy atom. The highest BCUT2D eigenvalue weighted by molar-refractivity contribution is 7.99. The maximum atomic E-state index is 12.7. The monoisotopic (exact) mass is 493 g/mol. The second-order valence-electron chi connectivity index (χ2n) is 8.07. The Kier molecular flexibility index (Phi) is 8.03. The third-order valence-corrected chi connectivity index (χ3v) is 7.99. The molecule has 1 unspecified atom stereocenters. The van der Waals surface area contributed by atoms with Crippen LogP contribution in [0.25, 0.3) is 0 Å². The summed E-state index contributed by atoms with van der Waals surface area (Å²) in [4.78, 5) is 14.0. The van der Waals surface area contributed by atoms with E-state index in [1.807, 2.05) is 34.9 Å². The Bertz CT molecular complexity index is 1200. The number of allylic oxidation sites excluding steroid dienone is 1. The zero-order chi connectivity index (χ0) is 23.9. The van der Waals surface area contributed by atoms with E-state index in [1.54, 1.807) is 17.4 Å². The number of carbonyl (C=O) groups excluding carboxylic acids is 1. The molecule has 1 amide bonds. The fraction of sp³-hybridized carbons (Fsp3) is 0.360. The van der Waals surface area contributed by atoms with E-state index in [9.17, 15) is 10.1 Å². The zero-order valence-electron chi connectivity index (χ0n) is 19.1. The van der Waals surface area contributed by atoms with Crippen molar-refractivity contribution in [2.24, 2.45) is 5.92 Å². The molecule has 3 aromatic rings. The van der Waals surface area contributed by atoms with Crippen molar-refractivity contribution >= 4 is 34.0 Å². The Hall–Kier alpha value is -3.09. The van der Waals surface area contributed by atoms with E-state index >= 15 is 0 Å². The van der Waals surface area contributed by atoms with Crippen molar-refractivity contribution < 1.29 is 9.53 Å². The Morgan fingerprint density at radius 1 is 1.41 bits per heavy atom. The molecule has 1 atom stereocenters. The number of para-hydroxylation sites is 1. The Morgan fingerprint density at radius 2 is 2.24 bits per heavy atom. The maximum Gasteiger partial charge on any atom is 0.235 e. The summed E-state index contributed by atoms with van der Waals surface area (Å²) in [6, 6.07) is 11.8. The predicted molar refractivity (Wildman–Crippen MR) is 135 cm³/mol. The standard InChI is InChI=1S/C25H27N5O2S2/c1-3-12-30-22(15-32-18-8-6-5-7-9-18)28-29-25(30)33-16-23(31)27-24-20(14-26)19-11-10-17(4-2)13-21(19)34-24/h3,5-9,17H,1,4,10-13,15-16H2,2H3,(H,27,31). The van der Waals surface area contributed by atoms with E-state index in [0.717, 1.165) is 37.0 Å². The Labute approximate surface area is 207 Å². The molecule has 0 spiro atoms. The van der Waals surface area contributed by atoms with Gasteiger partial charge in [-0.15, -0.1) is 28.1 Å². The van der Waals surface area contributed by atoms with Crippen molar-refractivity contribution in [3.05, 3.63) is 64.8 Å². The number of carbonyl (C=O) groups is 1. The molecule has 7 nitrogen and oxygen atoms in total. The number of fused-ring (bicyclic) bond motifs is 1. The average Bonchev–Trinajstić information content (AvgIpc) is 3.41. The fourth-order valence-electron chi connectivity index (χ4n) is 4.01. The molecule has 34 heavy (non-hydrogen) atoms. The molecule has 1 aromatic carbocycles. The highest BCUT2D eigenvalue weighted by Gasteiger charge is 2.26. The second-order valence-corrected chi connectivity index (χ2v) is 10.1. The van der Waals surface area contributed by atoms with Gasteiger partial charge in [0.25, 0.3) is 0 Å². The number of hydrogen-bond donors (Lipinski definition) is 1. The number of nitrogens with one attached hydrogen (secondary N) is 1. The van der Waals surface area contributed by atoms with Crippen LogP contribution in [0.4, 0.5) is 5.00 Å². The van der Waals surface area contributed by atoms with Gasteiger partial charge in [0.2, 0.25) is 5.91 Å². The molecular weight excluding hydrogens is 466 g/mol. The van der Waals surface area contributed by atoms with Crippen LogP contribution in [0.1, 0.15) is 41.6 Å². The first-order valence-corrected chi connectivity index (χ1v) is 13.1. The van der Waals surface area contributed by atoms with Gasteiger partial charge in [0.05, 0.1) is 11.3 Å². The lowest BCUT2D eigenvalue weighted by Crippen LogP contribution is -2.15. The van der Waals surface area contributed by atoms with Crippen LogP contribution in [-0.4, -0.2) is 26.4 Å². The summed E-state index contributed by atoms with van der Waals surface area (Å²) in [5, 5.41) is 22.4. The molecule has 0 fully saturated rings. The molecule has 0 aliphatic heterocycles. The van der Waals surface area contributed by atoms with Gasteiger partial charge >= 0.3 is 0 Å². The van der Waals surface area contributed by atoms with E-state index in [1.165, 1.54) is 16.6 Å². The highest BCUT2D eigenvalue weighted by Crippen LogP contribution is 2.40. The average molecular weight is 494 g/mol. The van der Waals surface area contributed by atoms with E-state index in [2.05, 4.69) is 35.1 Å². The lowest BCUT2D eigenvalue weighted by molar-refractivity contribution is -0.113. The van der Waals surface area contributed by atoms with Gasteiger partial charge in [0, 0.05) is 11.4 Å². The number of hydrogen-bond acceptors (Lipinski definition) is 7. The van der Waals surface area contributed by atoms with Gasteiger partial charge in [-0.05, 0) is 42.9 Å². The molecule has 1 aliphatic carbocycles. The van der Waals surface area contributed by atoms with Crippen LogP contribution in [0.3, 0.4) is 0 Å². The zero-order valence-corrected chi connectivity index (χ0v) is 20.8. The number of benzene rings is 1. The molecule has 1 N–H and O–H groups in total. The van der Waals surface area contributed by atoms with E-state index in [4.69, 9.17) is 4.74 Å². The molecule has 2 heterocycles. The van der Waals surface area contributed by atoms with Gasteiger partial charge in [-0.25, -0.2) is 0 Å². The van der Waals surface area contributed by atoms with Crippen molar-refractivity contribution in [2.75, 3.05) is 11.1 Å². The number of thiophene rings is 1. The molecule has 0 radical (unpaired) electrons.